The van der Waals surface area contributed by atoms with Crippen molar-refractivity contribution >= 4 is 11.6 Å². The number of anilines is 2. The van der Waals surface area contributed by atoms with Crippen LogP contribution in [0.4, 0.5) is 11.6 Å². The molecule has 2 rings (SSSR count). The summed E-state index contributed by atoms with van der Waals surface area (Å²) in [5.74, 6) is 3.29. The average molecular weight is 278 g/mol. The molecule has 0 radical (unpaired) electrons. The van der Waals surface area contributed by atoms with Crippen LogP contribution in [0, 0.1) is 5.92 Å². The third kappa shape index (κ3) is 4.34. The number of aromatic nitrogens is 2. The van der Waals surface area contributed by atoms with Crippen molar-refractivity contribution in [2.75, 3.05) is 24.8 Å². The van der Waals surface area contributed by atoms with Crippen LogP contribution in [0.25, 0.3) is 0 Å². The van der Waals surface area contributed by atoms with E-state index in [-0.39, 0.29) is 0 Å². The van der Waals surface area contributed by atoms with Gasteiger partial charge < -0.3 is 15.4 Å². The summed E-state index contributed by atoms with van der Waals surface area (Å²) < 4.78 is 5.13. The molecule has 1 aliphatic carbocycles. The molecule has 5 heteroatoms. The molecule has 1 aliphatic rings. The van der Waals surface area contributed by atoms with Gasteiger partial charge in [0.1, 0.15) is 18.2 Å². The minimum Gasteiger partial charge on any atom is -0.377 e. The van der Waals surface area contributed by atoms with Gasteiger partial charge in [0, 0.05) is 26.3 Å². The van der Waals surface area contributed by atoms with Crippen LogP contribution >= 0.6 is 0 Å². The fourth-order valence-electron chi connectivity index (χ4n) is 2.73. The lowest BCUT2D eigenvalue weighted by atomic mass is 10.0. The minimum absolute atomic E-state index is 0.436. The number of methoxy groups -OCH3 is 1. The predicted octanol–water partition coefficient (Wildman–Crippen LogP) is 3.05. The maximum Gasteiger partial charge on any atom is 0.158 e. The van der Waals surface area contributed by atoms with E-state index >= 15 is 0 Å². The van der Waals surface area contributed by atoms with Gasteiger partial charge in [0.25, 0.3) is 0 Å². The maximum absolute atomic E-state index is 5.13. The molecular weight excluding hydrogens is 252 g/mol. The summed E-state index contributed by atoms with van der Waals surface area (Å²) in [6.45, 7) is 2.79. The summed E-state index contributed by atoms with van der Waals surface area (Å²) in [5, 5.41) is 6.64. The topological polar surface area (TPSA) is 59.1 Å². The third-order valence-corrected chi connectivity index (χ3v) is 3.91. The molecule has 5 nitrogen and oxygen atoms in total. The lowest BCUT2D eigenvalue weighted by molar-refractivity contribution is 0.178. The largest absolute Gasteiger partial charge is 0.377 e. The highest BCUT2D eigenvalue weighted by Gasteiger charge is 2.17. The molecule has 0 bridgehead atoms. The Hall–Kier alpha value is -1.36. The molecule has 0 amide bonds. The molecule has 2 N–H and O–H groups in total. The van der Waals surface area contributed by atoms with Gasteiger partial charge in [-0.25, -0.2) is 9.97 Å². The zero-order valence-electron chi connectivity index (χ0n) is 12.8. The molecule has 1 fully saturated rings. The van der Waals surface area contributed by atoms with Gasteiger partial charge in [0.15, 0.2) is 5.82 Å². The summed E-state index contributed by atoms with van der Waals surface area (Å²) >= 11 is 0. The van der Waals surface area contributed by atoms with Crippen LogP contribution < -0.4 is 10.6 Å². The number of rotatable bonds is 5. The van der Waals surface area contributed by atoms with Crippen molar-refractivity contribution in [2.45, 2.75) is 51.7 Å². The van der Waals surface area contributed by atoms with E-state index in [0.717, 1.165) is 17.6 Å². The van der Waals surface area contributed by atoms with Crippen molar-refractivity contribution in [3.63, 3.8) is 0 Å². The van der Waals surface area contributed by atoms with Gasteiger partial charge >= 0.3 is 0 Å². The second-order valence-electron chi connectivity index (χ2n) is 5.69. The Balaban J connectivity index is 2.05. The van der Waals surface area contributed by atoms with E-state index in [1.54, 1.807) is 7.11 Å². The van der Waals surface area contributed by atoms with Crippen LogP contribution in [-0.2, 0) is 11.3 Å². The molecule has 1 heterocycles. The zero-order valence-corrected chi connectivity index (χ0v) is 12.8. The first kappa shape index (κ1) is 15.0. The normalized spacial score (nSPS) is 23.1. The highest BCUT2D eigenvalue weighted by atomic mass is 16.5. The predicted molar refractivity (Wildman–Crippen MR) is 82.0 cm³/mol. The third-order valence-electron chi connectivity index (χ3n) is 3.91. The molecule has 1 saturated carbocycles. The SMILES string of the molecule is CNc1cc(NC2CCCC(C)CC2)nc(COC)n1. The molecule has 2 atom stereocenters. The number of hydrogen-bond acceptors (Lipinski definition) is 5. The second-order valence-corrected chi connectivity index (χ2v) is 5.69. The number of hydrogen-bond donors (Lipinski definition) is 2. The van der Waals surface area contributed by atoms with E-state index < -0.39 is 0 Å². The summed E-state index contributed by atoms with van der Waals surface area (Å²) in [7, 11) is 3.53. The molecule has 0 aliphatic heterocycles. The van der Waals surface area contributed by atoms with Crippen LogP contribution in [0.1, 0.15) is 44.9 Å². The van der Waals surface area contributed by atoms with Gasteiger partial charge in [-0.1, -0.05) is 19.8 Å². The van der Waals surface area contributed by atoms with Gasteiger partial charge in [-0.05, 0) is 25.2 Å². The summed E-state index contributed by atoms with van der Waals surface area (Å²) in [5.41, 5.74) is 0. The number of ether oxygens (including phenoxy) is 1. The molecule has 20 heavy (non-hydrogen) atoms. The molecule has 2 unspecified atom stereocenters. The average Bonchev–Trinajstić information content (AvgIpc) is 2.64. The van der Waals surface area contributed by atoms with E-state index in [4.69, 9.17) is 4.74 Å². The fourth-order valence-corrected chi connectivity index (χ4v) is 2.73. The number of nitrogens with zero attached hydrogens (tertiary/aromatic N) is 2. The van der Waals surface area contributed by atoms with Gasteiger partial charge in [0.05, 0.1) is 0 Å². The molecule has 0 saturated heterocycles. The minimum atomic E-state index is 0.436. The molecule has 1 aromatic rings. The first-order chi connectivity index (χ1) is 9.71. The Morgan fingerprint density at radius 2 is 2.00 bits per heavy atom. The van der Waals surface area contributed by atoms with Crippen molar-refractivity contribution < 1.29 is 4.74 Å². The van der Waals surface area contributed by atoms with Crippen LogP contribution in [0.15, 0.2) is 6.07 Å². The van der Waals surface area contributed by atoms with E-state index in [1.807, 2.05) is 13.1 Å². The smallest absolute Gasteiger partial charge is 0.158 e. The first-order valence-electron chi connectivity index (χ1n) is 7.52. The molecular formula is C15H26N4O. The van der Waals surface area contributed by atoms with Crippen molar-refractivity contribution in [2.24, 2.45) is 5.92 Å². The summed E-state index contributed by atoms with van der Waals surface area (Å²) in [6.07, 6.45) is 6.39. The van der Waals surface area contributed by atoms with Crippen LogP contribution in [0.2, 0.25) is 0 Å². The van der Waals surface area contributed by atoms with E-state index in [1.165, 1.54) is 32.1 Å². The van der Waals surface area contributed by atoms with E-state index in [0.29, 0.717) is 18.5 Å². The Morgan fingerprint density at radius 3 is 2.75 bits per heavy atom. The monoisotopic (exact) mass is 278 g/mol. The second kappa shape index (κ2) is 7.43. The first-order valence-corrected chi connectivity index (χ1v) is 7.52. The van der Waals surface area contributed by atoms with Crippen LogP contribution in [-0.4, -0.2) is 30.2 Å². The van der Waals surface area contributed by atoms with Gasteiger partial charge in [0.2, 0.25) is 0 Å². The summed E-state index contributed by atoms with van der Waals surface area (Å²) in [4.78, 5) is 8.91. The quantitative estimate of drug-likeness (QED) is 0.811. The lowest BCUT2D eigenvalue weighted by Gasteiger charge is -2.18. The summed E-state index contributed by atoms with van der Waals surface area (Å²) in [6, 6.07) is 2.49. The van der Waals surface area contributed by atoms with E-state index in [9.17, 15) is 0 Å². The highest BCUT2D eigenvalue weighted by Crippen LogP contribution is 2.25. The Bertz CT molecular complexity index is 424. The lowest BCUT2D eigenvalue weighted by Crippen LogP contribution is -2.20. The standard InChI is InChI=1S/C15H26N4O/c1-11-5-4-6-12(8-7-11)17-14-9-13(16-2)18-15(19-14)10-20-3/h9,11-12H,4-8,10H2,1-3H3,(H2,16,17,18,19). The molecule has 0 aromatic carbocycles. The van der Waals surface area contributed by atoms with Crippen molar-refractivity contribution in [1.82, 2.24) is 9.97 Å². The zero-order chi connectivity index (χ0) is 14.4. The maximum atomic E-state index is 5.13. The Kier molecular flexibility index (Phi) is 5.59. The van der Waals surface area contributed by atoms with Crippen molar-refractivity contribution in [1.29, 1.82) is 0 Å². The number of nitrogens with one attached hydrogen (secondary N) is 2. The molecule has 0 spiro atoms. The van der Waals surface area contributed by atoms with Gasteiger partial charge in [-0.2, -0.15) is 0 Å². The molecule has 112 valence electrons. The molecule has 1 aromatic heterocycles. The van der Waals surface area contributed by atoms with E-state index in [2.05, 4.69) is 27.5 Å². The Morgan fingerprint density at radius 1 is 1.20 bits per heavy atom. The van der Waals surface area contributed by atoms with Crippen LogP contribution in [0.3, 0.4) is 0 Å². The van der Waals surface area contributed by atoms with Crippen molar-refractivity contribution in [3.8, 4) is 0 Å². The van der Waals surface area contributed by atoms with Gasteiger partial charge in [-0.15, -0.1) is 0 Å². The Labute approximate surface area is 121 Å². The van der Waals surface area contributed by atoms with Crippen LogP contribution in [0.5, 0.6) is 0 Å². The fraction of sp³-hybridized carbons (Fsp3) is 0.733. The van der Waals surface area contributed by atoms with Gasteiger partial charge in [-0.3, -0.25) is 0 Å². The van der Waals surface area contributed by atoms with Crippen molar-refractivity contribution in [3.05, 3.63) is 11.9 Å². The highest BCUT2D eigenvalue weighted by molar-refractivity contribution is 5.47.